The molecule has 5 rings (SSSR count). The van der Waals surface area contributed by atoms with Crippen LogP contribution in [0.1, 0.15) is 6.42 Å². The Morgan fingerprint density at radius 3 is 2.51 bits per heavy atom. The zero-order chi connectivity index (χ0) is 29.3. The maximum absolute atomic E-state index is 6.76. The molecular formula is C28H35BrN10OS. The molecule has 2 aromatic carbocycles. The summed E-state index contributed by atoms with van der Waals surface area (Å²) in [6.07, 6.45) is 8.21. The summed E-state index contributed by atoms with van der Waals surface area (Å²) in [6, 6.07) is 10.6. The second kappa shape index (κ2) is 12.2. The van der Waals surface area contributed by atoms with E-state index in [4.69, 9.17) is 15.6 Å². The molecule has 1 aliphatic heterocycles. The van der Waals surface area contributed by atoms with E-state index in [1.54, 1.807) is 42.7 Å². The van der Waals surface area contributed by atoms with Crippen molar-refractivity contribution < 1.29 is 4.74 Å². The zero-order valence-electron chi connectivity index (χ0n) is 24.1. The highest BCUT2D eigenvalue weighted by Crippen LogP contribution is 2.41. The molecule has 1 aliphatic rings. The number of ether oxygens (including phenoxy) is 1. The minimum Gasteiger partial charge on any atom is -0.494 e. The number of nitrogens with two attached hydrogens (primary N) is 1. The number of hydrogen-bond acceptors (Lipinski definition) is 12. The topological polar surface area (TPSA) is 103 Å². The average molecular weight is 640 g/mol. The summed E-state index contributed by atoms with van der Waals surface area (Å²) in [7, 11) is 9.85. The van der Waals surface area contributed by atoms with Crippen molar-refractivity contribution in [2.45, 2.75) is 12.5 Å². The molecule has 0 bridgehead atoms. The van der Waals surface area contributed by atoms with Crippen molar-refractivity contribution in [3.05, 3.63) is 53.4 Å². The van der Waals surface area contributed by atoms with E-state index in [9.17, 15) is 0 Å². The Kier molecular flexibility index (Phi) is 8.68. The molecule has 0 saturated carbocycles. The van der Waals surface area contributed by atoms with Gasteiger partial charge < -0.3 is 23.7 Å². The van der Waals surface area contributed by atoms with E-state index in [-0.39, 0.29) is 0 Å². The molecule has 0 spiro atoms. The van der Waals surface area contributed by atoms with Crippen molar-refractivity contribution in [3.8, 4) is 5.75 Å². The van der Waals surface area contributed by atoms with Gasteiger partial charge in [-0.1, -0.05) is 11.9 Å². The number of likely N-dealkylation sites (N-methyl/N-ethyl adjacent to an activating group) is 1. The predicted molar refractivity (Wildman–Crippen MR) is 173 cm³/mol. The van der Waals surface area contributed by atoms with E-state index in [1.807, 2.05) is 41.7 Å². The first kappa shape index (κ1) is 29.1. The Hall–Kier alpha value is -3.39. The third-order valence-electron chi connectivity index (χ3n) is 7.47. The largest absolute Gasteiger partial charge is 0.494 e. The van der Waals surface area contributed by atoms with Gasteiger partial charge in [0.25, 0.3) is 0 Å². The second-order valence-corrected chi connectivity index (χ2v) is 11.8. The molecule has 1 fully saturated rings. The Morgan fingerprint density at radius 2 is 1.80 bits per heavy atom. The molecule has 2 aromatic heterocycles. The number of anilines is 6. The first-order valence-corrected chi connectivity index (χ1v) is 15.1. The molecule has 0 radical (unpaired) electrons. The van der Waals surface area contributed by atoms with Crippen LogP contribution in [0.4, 0.5) is 34.5 Å². The minimum atomic E-state index is 0.471. The monoisotopic (exact) mass is 638 g/mol. The molecule has 3 heterocycles. The predicted octanol–water partition coefficient (Wildman–Crippen LogP) is 4.83. The molecule has 1 saturated heterocycles. The van der Waals surface area contributed by atoms with Gasteiger partial charge in [-0.05, 0) is 60.7 Å². The lowest BCUT2D eigenvalue weighted by molar-refractivity contribution is 0.315. The SMILES string of the molecule is COc1cc(N2CCC(N(C)C)C2)ccc1N(C)c1ncc(Br)c(N(N)c2ccc3nccnc3c2N(C)SC)n1. The van der Waals surface area contributed by atoms with E-state index in [2.05, 4.69) is 73.0 Å². The number of halogens is 1. The van der Waals surface area contributed by atoms with Gasteiger partial charge in [0.15, 0.2) is 5.82 Å². The summed E-state index contributed by atoms with van der Waals surface area (Å²) in [5.74, 6) is 8.48. The number of fused-ring (bicyclic) bond motifs is 1. The smallest absolute Gasteiger partial charge is 0.231 e. The summed E-state index contributed by atoms with van der Waals surface area (Å²) in [4.78, 5) is 25.1. The van der Waals surface area contributed by atoms with Crippen LogP contribution in [0.25, 0.3) is 11.0 Å². The number of benzene rings is 2. The standard InChI is InChI=1S/C28H35BrN10OS/c1-35(2)19-11-14-38(17-19)18-7-9-22(24(15-18)40-5)36(3)28-33-16-20(29)27(34-28)39(30)23-10-8-21-25(32-13-12-31-21)26(23)37(4)41-6/h7-10,12-13,15-16,19H,11,14,17,30H2,1-6H3. The Labute approximate surface area is 253 Å². The normalized spacial score (nSPS) is 15.0. The van der Waals surface area contributed by atoms with Crippen LogP contribution in [0.2, 0.25) is 0 Å². The van der Waals surface area contributed by atoms with E-state index in [0.29, 0.717) is 22.3 Å². The lowest BCUT2D eigenvalue weighted by Gasteiger charge is -2.28. The summed E-state index contributed by atoms with van der Waals surface area (Å²) in [5.41, 5.74) is 5.08. The third kappa shape index (κ3) is 5.71. The van der Waals surface area contributed by atoms with Gasteiger partial charge in [-0.2, -0.15) is 4.98 Å². The second-order valence-electron chi connectivity index (χ2n) is 10.0. The first-order valence-electron chi connectivity index (χ1n) is 13.2. The first-order chi connectivity index (χ1) is 19.7. The van der Waals surface area contributed by atoms with Gasteiger partial charge in [0.05, 0.1) is 28.5 Å². The molecular weight excluding hydrogens is 604 g/mol. The van der Waals surface area contributed by atoms with E-state index < -0.39 is 0 Å². The molecule has 1 unspecified atom stereocenters. The fourth-order valence-electron chi connectivity index (χ4n) is 5.05. The summed E-state index contributed by atoms with van der Waals surface area (Å²) in [6.45, 7) is 2.01. The van der Waals surface area contributed by atoms with Crippen molar-refractivity contribution >= 4 is 73.4 Å². The highest BCUT2D eigenvalue weighted by Gasteiger charge is 2.26. The summed E-state index contributed by atoms with van der Waals surface area (Å²) < 4.78 is 8.50. The Bertz CT molecular complexity index is 1540. The van der Waals surface area contributed by atoms with E-state index >= 15 is 0 Å². The number of methoxy groups -OCH3 is 1. The number of rotatable bonds is 9. The molecule has 11 nitrogen and oxygen atoms in total. The molecule has 1 atom stereocenters. The minimum absolute atomic E-state index is 0.471. The van der Waals surface area contributed by atoms with E-state index in [1.165, 1.54) is 0 Å². The van der Waals surface area contributed by atoms with Crippen molar-refractivity contribution in [1.82, 2.24) is 24.8 Å². The van der Waals surface area contributed by atoms with Crippen LogP contribution in [0.3, 0.4) is 0 Å². The number of hydrogen-bond donors (Lipinski definition) is 1. The van der Waals surface area contributed by atoms with Crippen LogP contribution in [0.5, 0.6) is 5.75 Å². The molecule has 216 valence electrons. The molecule has 41 heavy (non-hydrogen) atoms. The van der Waals surface area contributed by atoms with Gasteiger partial charge in [0.2, 0.25) is 5.95 Å². The van der Waals surface area contributed by atoms with Gasteiger partial charge in [0.1, 0.15) is 17.0 Å². The van der Waals surface area contributed by atoms with Gasteiger partial charge >= 0.3 is 0 Å². The lowest BCUT2D eigenvalue weighted by atomic mass is 10.2. The fourth-order valence-corrected chi connectivity index (χ4v) is 5.79. The van der Waals surface area contributed by atoms with Crippen molar-refractivity contribution in [1.29, 1.82) is 0 Å². The van der Waals surface area contributed by atoms with Gasteiger partial charge in [-0.3, -0.25) is 15.0 Å². The highest BCUT2D eigenvalue weighted by molar-refractivity contribution is 9.10. The maximum Gasteiger partial charge on any atom is 0.231 e. The van der Waals surface area contributed by atoms with Crippen LogP contribution >= 0.6 is 27.9 Å². The number of hydrazine groups is 1. The van der Waals surface area contributed by atoms with E-state index in [0.717, 1.165) is 59.0 Å². The summed E-state index contributed by atoms with van der Waals surface area (Å²) >= 11 is 5.16. The zero-order valence-corrected chi connectivity index (χ0v) is 26.5. The Balaban J connectivity index is 1.48. The quantitative estimate of drug-likeness (QED) is 0.154. The van der Waals surface area contributed by atoms with Gasteiger partial charge in [-0.25, -0.2) is 10.8 Å². The lowest BCUT2D eigenvalue weighted by Crippen LogP contribution is -2.31. The van der Waals surface area contributed by atoms with Gasteiger partial charge in [-0.15, -0.1) is 0 Å². The van der Waals surface area contributed by atoms with Crippen molar-refractivity contribution in [2.75, 3.05) is 73.8 Å². The molecule has 4 aromatic rings. The molecule has 0 amide bonds. The van der Waals surface area contributed by atoms with Crippen LogP contribution in [-0.4, -0.2) is 85.5 Å². The van der Waals surface area contributed by atoms with Crippen molar-refractivity contribution in [2.24, 2.45) is 5.84 Å². The molecule has 0 aliphatic carbocycles. The van der Waals surface area contributed by atoms with Crippen LogP contribution in [-0.2, 0) is 0 Å². The third-order valence-corrected chi connectivity index (χ3v) is 8.76. The molecule has 13 heteroatoms. The maximum atomic E-state index is 6.76. The number of nitrogens with zero attached hydrogens (tertiary/aromatic N) is 9. The number of aromatic nitrogens is 4. The molecule has 2 N–H and O–H groups in total. The van der Waals surface area contributed by atoms with Crippen molar-refractivity contribution in [3.63, 3.8) is 0 Å². The van der Waals surface area contributed by atoms with Crippen LogP contribution in [0.15, 0.2) is 53.4 Å². The van der Waals surface area contributed by atoms with Crippen LogP contribution < -0.4 is 29.7 Å². The highest BCUT2D eigenvalue weighted by atomic mass is 79.9. The Morgan fingerprint density at radius 1 is 1.05 bits per heavy atom. The van der Waals surface area contributed by atoms with Crippen LogP contribution in [0, 0.1) is 0 Å². The average Bonchev–Trinajstić information content (AvgIpc) is 3.50. The fraction of sp³-hybridized carbons (Fsp3) is 0.357. The summed E-state index contributed by atoms with van der Waals surface area (Å²) in [5, 5.41) is 1.55. The van der Waals surface area contributed by atoms with Gasteiger partial charge in [0, 0.05) is 69.8 Å².